The molecule has 0 spiro atoms. The van der Waals surface area contributed by atoms with E-state index in [2.05, 4.69) is 0 Å². The summed E-state index contributed by atoms with van der Waals surface area (Å²) in [6.45, 7) is 0. The lowest BCUT2D eigenvalue weighted by Crippen LogP contribution is -2.38. The summed E-state index contributed by atoms with van der Waals surface area (Å²) < 4.78 is 4.91. The van der Waals surface area contributed by atoms with E-state index in [-0.39, 0.29) is 0 Å². The van der Waals surface area contributed by atoms with Crippen LogP contribution in [0.1, 0.15) is 11.6 Å². The van der Waals surface area contributed by atoms with Crippen LogP contribution in [-0.2, 0) is 9.59 Å². The largest absolute Gasteiger partial charge is 0.420 e. The van der Waals surface area contributed by atoms with Gasteiger partial charge in [-0.15, -0.1) is 0 Å². The molecule has 1 aromatic rings. The molecule has 2 rings (SSSR count). The van der Waals surface area contributed by atoms with E-state index in [0.29, 0.717) is 5.75 Å². The number of carbonyl (C=O) groups excluding carboxylic acids is 2. The summed E-state index contributed by atoms with van der Waals surface area (Å²) in [7, 11) is 3.52. The fourth-order valence-electron chi connectivity index (χ4n) is 1.72. The maximum absolute atomic E-state index is 11.6. The lowest BCUT2D eigenvalue weighted by Gasteiger charge is -2.27. The van der Waals surface area contributed by atoms with Crippen molar-refractivity contribution in [1.29, 1.82) is 0 Å². The number of ketones is 1. The van der Waals surface area contributed by atoms with Gasteiger partial charge in [0.05, 0.1) is 0 Å². The SMILES string of the molecule is CN(C)C1C(=O)C(=O)Oc2ccccc21. The van der Waals surface area contributed by atoms with E-state index in [4.69, 9.17) is 4.74 Å². The molecule has 15 heavy (non-hydrogen) atoms. The number of Topliss-reactive ketones (excluding diaryl/α,β-unsaturated/α-hetero) is 1. The summed E-state index contributed by atoms with van der Waals surface area (Å²) in [5.41, 5.74) is 0.743. The molecule has 1 aromatic carbocycles. The Bertz CT molecular complexity index is 426. The average molecular weight is 205 g/mol. The second kappa shape index (κ2) is 3.47. The van der Waals surface area contributed by atoms with E-state index in [1.54, 1.807) is 37.2 Å². The number of esters is 1. The van der Waals surface area contributed by atoms with Gasteiger partial charge in [-0.25, -0.2) is 4.79 Å². The van der Waals surface area contributed by atoms with Gasteiger partial charge >= 0.3 is 5.97 Å². The molecule has 0 radical (unpaired) electrons. The van der Waals surface area contributed by atoms with Crippen LogP contribution in [0.5, 0.6) is 5.75 Å². The number of hydrogen-bond acceptors (Lipinski definition) is 4. The highest BCUT2D eigenvalue weighted by atomic mass is 16.5. The number of fused-ring (bicyclic) bond motifs is 1. The van der Waals surface area contributed by atoms with Crippen LogP contribution in [0.25, 0.3) is 0 Å². The first kappa shape index (κ1) is 9.86. The Morgan fingerprint density at radius 2 is 1.87 bits per heavy atom. The number of nitrogens with zero attached hydrogens (tertiary/aromatic N) is 1. The lowest BCUT2D eigenvalue weighted by molar-refractivity contribution is -0.151. The summed E-state index contributed by atoms with van der Waals surface area (Å²) in [5, 5.41) is 0. The minimum absolute atomic E-state index is 0.473. The van der Waals surface area contributed by atoms with Crippen molar-refractivity contribution in [3.63, 3.8) is 0 Å². The van der Waals surface area contributed by atoms with Crippen LogP contribution in [0.15, 0.2) is 24.3 Å². The maximum atomic E-state index is 11.6. The van der Waals surface area contributed by atoms with Crippen LogP contribution >= 0.6 is 0 Å². The number of ether oxygens (including phenoxy) is 1. The molecule has 0 aliphatic carbocycles. The molecule has 1 atom stereocenters. The molecule has 0 fully saturated rings. The quantitative estimate of drug-likeness (QED) is 0.386. The smallest absolute Gasteiger partial charge is 0.382 e. The molecular weight excluding hydrogens is 194 g/mol. The second-order valence-electron chi connectivity index (χ2n) is 3.66. The van der Waals surface area contributed by atoms with Crippen LogP contribution < -0.4 is 4.74 Å². The molecule has 0 N–H and O–H groups in total. The predicted octanol–water partition coefficient (Wildman–Crippen LogP) is 0.777. The van der Waals surface area contributed by atoms with Crippen LogP contribution in [-0.4, -0.2) is 30.7 Å². The first-order chi connectivity index (χ1) is 7.11. The van der Waals surface area contributed by atoms with Crippen molar-refractivity contribution < 1.29 is 14.3 Å². The Kier molecular flexibility index (Phi) is 2.28. The molecule has 4 heteroatoms. The third-order valence-electron chi connectivity index (χ3n) is 2.38. The monoisotopic (exact) mass is 205 g/mol. The van der Waals surface area contributed by atoms with Crippen molar-refractivity contribution in [2.24, 2.45) is 0 Å². The van der Waals surface area contributed by atoms with E-state index < -0.39 is 17.8 Å². The zero-order chi connectivity index (χ0) is 11.0. The van der Waals surface area contributed by atoms with Gasteiger partial charge in [0, 0.05) is 5.56 Å². The molecule has 1 heterocycles. The summed E-state index contributed by atoms with van der Waals surface area (Å²) in [6.07, 6.45) is 0. The third kappa shape index (κ3) is 1.53. The van der Waals surface area contributed by atoms with Crippen molar-refractivity contribution in [3.8, 4) is 5.75 Å². The van der Waals surface area contributed by atoms with E-state index in [9.17, 15) is 9.59 Å². The minimum atomic E-state index is -0.785. The van der Waals surface area contributed by atoms with Crippen molar-refractivity contribution in [1.82, 2.24) is 4.90 Å². The molecule has 0 saturated carbocycles. The summed E-state index contributed by atoms with van der Waals surface area (Å²) in [4.78, 5) is 24.6. The van der Waals surface area contributed by atoms with E-state index in [1.165, 1.54) is 0 Å². The van der Waals surface area contributed by atoms with Crippen LogP contribution in [0.2, 0.25) is 0 Å². The standard InChI is InChI=1S/C11H11NO3/c1-12(2)9-7-5-3-4-6-8(7)15-11(14)10(9)13/h3-6,9H,1-2H3. The van der Waals surface area contributed by atoms with Gasteiger partial charge < -0.3 is 4.74 Å². The highest BCUT2D eigenvalue weighted by molar-refractivity contribution is 6.37. The van der Waals surface area contributed by atoms with Gasteiger partial charge in [0.1, 0.15) is 11.8 Å². The average Bonchev–Trinajstić information content (AvgIpc) is 2.19. The Hall–Kier alpha value is -1.68. The molecule has 1 unspecified atom stereocenters. The number of rotatable bonds is 1. The van der Waals surface area contributed by atoms with Gasteiger partial charge in [-0.05, 0) is 20.2 Å². The van der Waals surface area contributed by atoms with Gasteiger partial charge in [0.2, 0.25) is 0 Å². The number of likely N-dealkylation sites (N-methyl/N-ethyl adjacent to an activating group) is 1. The van der Waals surface area contributed by atoms with Crippen molar-refractivity contribution in [3.05, 3.63) is 29.8 Å². The number of hydrogen-bond donors (Lipinski definition) is 0. The number of benzene rings is 1. The van der Waals surface area contributed by atoms with Crippen molar-refractivity contribution >= 4 is 11.8 Å². The molecule has 0 amide bonds. The van der Waals surface area contributed by atoms with E-state index in [0.717, 1.165) is 5.56 Å². The fraction of sp³-hybridized carbons (Fsp3) is 0.273. The zero-order valence-electron chi connectivity index (χ0n) is 8.56. The molecule has 78 valence electrons. The lowest BCUT2D eigenvalue weighted by atomic mass is 9.98. The Labute approximate surface area is 87.4 Å². The zero-order valence-corrected chi connectivity index (χ0v) is 8.56. The molecule has 0 bridgehead atoms. The third-order valence-corrected chi connectivity index (χ3v) is 2.38. The highest BCUT2D eigenvalue weighted by Gasteiger charge is 2.36. The maximum Gasteiger partial charge on any atom is 0.382 e. The summed E-state index contributed by atoms with van der Waals surface area (Å²) >= 11 is 0. The topological polar surface area (TPSA) is 46.6 Å². The Balaban J connectivity index is 2.54. The first-order valence-corrected chi connectivity index (χ1v) is 4.62. The number of carbonyl (C=O) groups is 2. The van der Waals surface area contributed by atoms with Crippen LogP contribution in [0, 0.1) is 0 Å². The highest BCUT2D eigenvalue weighted by Crippen LogP contribution is 2.32. The molecule has 0 aromatic heterocycles. The van der Waals surface area contributed by atoms with Gasteiger partial charge in [-0.3, -0.25) is 9.69 Å². The molecular formula is C11H11NO3. The summed E-state index contributed by atoms with van der Waals surface area (Å²) in [5.74, 6) is -0.827. The summed E-state index contributed by atoms with van der Waals surface area (Å²) in [6, 6.07) is 6.55. The molecule has 1 aliphatic rings. The van der Waals surface area contributed by atoms with Gasteiger partial charge in [-0.1, -0.05) is 18.2 Å². The van der Waals surface area contributed by atoms with Gasteiger partial charge in [0.15, 0.2) is 0 Å². The van der Waals surface area contributed by atoms with Gasteiger partial charge in [0.25, 0.3) is 5.78 Å². The van der Waals surface area contributed by atoms with Crippen LogP contribution in [0.4, 0.5) is 0 Å². The minimum Gasteiger partial charge on any atom is -0.420 e. The molecule has 4 nitrogen and oxygen atoms in total. The van der Waals surface area contributed by atoms with Crippen molar-refractivity contribution in [2.45, 2.75) is 6.04 Å². The van der Waals surface area contributed by atoms with Crippen LogP contribution in [0.3, 0.4) is 0 Å². The second-order valence-corrected chi connectivity index (χ2v) is 3.66. The number of para-hydroxylation sites is 1. The first-order valence-electron chi connectivity index (χ1n) is 4.62. The Morgan fingerprint density at radius 3 is 2.53 bits per heavy atom. The van der Waals surface area contributed by atoms with Gasteiger partial charge in [-0.2, -0.15) is 0 Å². The molecule has 0 saturated heterocycles. The molecule has 1 aliphatic heterocycles. The Morgan fingerprint density at radius 1 is 1.20 bits per heavy atom. The van der Waals surface area contributed by atoms with E-state index >= 15 is 0 Å². The van der Waals surface area contributed by atoms with Crippen molar-refractivity contribution in [2.75, 3.05) is 14.1 Å². The predicted molar refractivity (Wildman–Crippen MR) is 53.5 cm³/mol. The fourth-order valence-corrected chi connectivity index (χ4v) is 1.72. The normalized spacial score (nSPS) is 20.1. The van der Waals surface area contributed by atoms with E-state index in [1.807, 2.05) is 6.07 Å².